The normalized spacial score (nSPS) is 11.5. The van der Waals surface area contributed by atoms with Crippen LogP contribution in [0.3, 0.4) is 0 Å². The molecule has 0 aliphatic rings. The molecule has 0 aliphatic carbocycles. The Morgan fingerprint density at radius 3 is 2.64 bits per heavy atom. The lowest BCUT2D eigenvalue weighted by Crippen LogP contribution is -2.27. The van der Waals surface area contributed by atoms with Gasteiger partial charge in [-0.1, -0.05) is 18.7 Å². The molecular formula is C8H12N2S. The van der Waals surface area contributed by atoms with E-state index in [9.17, 15) is 0 Å². The molecule has 0 fully saturated rings. The van der Waals surface area contributed by atoms with Crippen molar-refractivity contribution >= 4 is 17.3 Å². The number of thiocarbonyl (C=S) groups is 1. The van der Waals surface area contributed by atoms with E-state index >= 15 is 0 Å². The summed E-state index contributed by atoms with van der Waals surface area (Å²) in [6.45, 7) is 5.47. The topological polar surface area (TPSA) is 38.0 Å². The number of hydrogen-bond acceptors (Lipinski definition) is 1. The van der Waals surface area contributed by atoms with E-state index in [2.05, 4.69) is 24.1 Å². The van der Waals surface area contributed by atoms with Crippen molar-refractivity contribution in [3.05, 3.63) is 36.6 Å². The maximum absolute atomic E-state index is 5.27. The molecule has 0 radical (unpaired) electrons. The fourth-order valence-electron chi connectivity index (χ4n) is 0.588. The van der Waals surface area contributed by atoms with Crippen molar-refractivity contribution in [1.82, 2.24) is 5.32 Å². The van der Waals surface area contributed by atoms with Gasteiger partial charge in [0.05, 0.1) is 0 Å². The van der Waals surface area contributed by atoms with Gasteiger partial charge in [0.1, 0.15) is 0 Å². The van der Waals surface area contributed by atoms with Gasteiger partial charge in [-0.15, -0.1) is 0 Å². The van der Waals surface area contributed by atoms with Crippen molar-refractivity contribution in [1.29, 1.82) is 0 Å². The van der Waals surface area contributed by atoms with Crippen LogP contribution in [0.2, 0.25) is 0 Å². The molecule has 0 rings (SSSR count). The highest BCUT2D eigenvalue weighted by Crippen LogP contribution is 1.91. The molecule has 0 aromatic rings. The monoisotopic (exact) mass is 168 g/mol. The minimum absolute atomic E-state index is 0.260. The second kappa shape index (κ2) is 5.68. The van der Waals surface area contributed by atoms with Gasteiger partial charge in [-0.3, -0.25) is 0 Å². The summed E-state index contributed by atoms with van der Waals surface area (Å²) >= 11 is 4.66. The Kier molecular flexibility index (Phi) is 5.11. The molecule has 0 atom stereocenters. The second-order valence-electron chi connectivity index (χ2n) is 1.85. The van der Waals surface area contributed by atoms with Gasteiger partial charge in [0.25, 0.3) is 0 Å². The number of nitrogens with one attached hydrogen (secondary N) is 1. The molecule has 0 aromatic carbocycles. The summed E-state index contributed by atoms with van der Waals surface area (Å²) in [5.41, 5.74) is 6.11. The molecule has 0 bridgehead atoms. The van der Waals surface area contributed by atoms with E-state index in [1.807, 2.05) is 19.1 Å². The molecule has 3 N–H and O–H groups in total. The van der Waals surface area contributed by atoms with Crippen molar-refractivity contribution in [3.8, 4) is 0 Å². The molecule has 0 aliphatic heterocycles. The minimum Gasteiger partial charge on any atom is -0.376 e. The van der Waals surface area contributed by atoms with Crippen molar-refractivity contribution in [2.75, 3.05) is 0 Å². The third kappa shape index (κ3) is 5.36. The molecular weight excluding hydrogens is 156 g/mol. The smallest absolute Gasteiger partial charge is 0.168 e. The highest BCUT2D eigenvalue weighted by molar-refractivity contribution is 7.80. The Labute approximate surface area is 72.5 Å². The van der Waals surface area contributed by atoms with E-state index in [0.717, 1.165) is 5.70 Å². The first kappa shape index (κ1) is 9.91. The Hall–Kier alpha value is -1.09. The zero-order valence-corrected chi connectivity index (χ0v) is 7.32. The third-order valence-electron chi connectivity index (χ3n) is 0.911. The van der Waals surface area contributed by atoms with Crippen LogP contribution in [0.15, 0.2) is 36.6 Å². The Morgan fingerprint density at radius 2 is 2.27 bits per heavy atom. The molecule has 0 aromatic heterocycles. The maximum Gasteiger partial charge on any atom is 0.168 e. The van der Waals surface area contributed by atoms with Crippen LogP contribution in [-0.4, -0.2) is 5.11 Å². The summed E-state index contributed by atoms with van der Waals surface area (Å²) in [6.07, 6.45) is 7.21. The lowest BCUT2D eigenvalue weighted by atomic mass is 10.3. The first-order chi connectivity index (χ1) is 5.20. The van der Waals surface area contributed by atoms with Crippen LogP contribution in [0.5, 0.6) is 0 Å². The van der Waals surface area contributed by atoms with Gasteiger partial charge >= 0.3 is 0 Å². The standard InChI is InChI=1S/C8H12N2S/c1-3-5-7(6-4-2)10-8(9)11/h3-6H,1H2,2H3,(H3,9,10,11)/b6-4-,7-5+. The van der Waals surface area contributed by atoms with Crippen LogP contribution in [0.1, 0.15) is 6.92 Å². The van der Waals surface area contributed by atoms with E-state index in [4.69, 9.17) is 5.73 Å². The molecule has 3 heteroatoms. The summed E-state index contributed by atoms with van der Waals surface area (Å²) in [7, 11) is 0. The zero-order chi connectivity index (χ0) is 8.69. The van der Waals surface area contributed by atoms with Crippen molar-refractivity contribution in [3.63, 3.8) is 0 Å². The average Bonchev–Trinajstić information content (AvgIpc) is 1.87. The molecule has 0 unspecified atom stereocenters. The van der Waals surface area contributed by atoms with Crippen molar-refractivity contribution in [2.24, 2.45) is 5.73 Å². The largest absolute Gasteiger partial charge is 0.376 e. The van der Waals surface area contributed by atoms with Gasteiger partial charge in [-0.25, -0.2) is 0 Å². The maximum atomic E-state index is 5.27. The Balaban J connectivity index is 4.22. The van der Waals surface area contributed by atoms with Crippen LogP contribution in [-0.2, 0) is 0 Å². The van der Waals surface area contributed by atoms with Crippen LogP contribution in [0, 0.1) is 0 Å². The predicted octanol–water partition coefficient (Wildman–Crippen LogP) is 1.47. The van der Waals surface area contributed by atoms with Gasteiger partial charge in [0.15, 0.2) is 5.11 Å². The highest BCUT2D eigenvalue weighted by atomic mass is 32.1. The van der Waals surface area contributed by atoms with Gasteiger partial charge in [-0.2, -0.15) is 0 Å². The molecule has 11 heavy (non-hydrogen) atoms. The molecule has 0 saturated heterocycles. The predicted molar refractivity (Wildman–Crippen MR) is 53.0 cm³/mol. The van der Waals surface area contributed by atoms with E-state index in [0.29, 0.717) is 0 Å². The van der Waals surface area contributed by atoms with Crippen molar-refractivity contribution in [2.45, 2.75) is 6.92 Å². The average molecular weight is 168 g/mol. The summed E-state index contributed by atoms with van der Waals surface area (Å²) in [5.74, 6) is 0. The van der Waals surface area contributed by atoms with Crippen LogP contribution < -0.4 is 11.1 Å². The Bertz CT molecular complexity index is 204. The number of nitrogens with two attached hydrogens (primary N) is 1. The van der Waals surface area contributed by atoms with Gasteiger partial charge in [-0.05, 0) is 31.3 Å². The first-order valence-corrected chi connectivity index (χ1v) is 3.63. The number of allylic oxidation sites excluding steroid dienone is 4. The molecule has 0 amide bonds. The lowest BCUT2D eigenvalue weighted by molar-refractivity contribution is 1.18. The molecule has 2 nitrogen and oxygen atoms in total. The van der Waals surface area contributed by atoms with Crippen LogP contribution in [0.4, 0.5) is 0 Å². The summed E-state index contributed by atoms with van der Waals surface area (Å²) < 4.78 is 0. The van der Waals surface area contributed by atoms with E-state index in [1.54, 1.807) is 12.2 Å². The van der Waals surface area contributed by atoms with Gasteiger partial charge in [0, 0.05) is 5.70 Å². The van der Waals surface area contributed by atoms with Gasteiger partial charge in [0.2, 0.25) is 0 Å². The van der Waals surface area contributed by atoms with Crippen LogP contribution in [0.25, 0.3) is 0 Å². The minimum atomic E-state index is 0.260. The fraction of sp³-hybridized carbons (Fsp3) is 0.125. The molecule has 0 saturated carbocycles. The molecule has 0 heterocycles. The number of rotatable bonds is 3. The SMILES string of the molecule is C=C/C=C(\C=C/C)NC(N)=S. The third-order valence-corrected chi connectivity index (χ3v) is 1.01. The van der Waals surface area contributed by atoms with E-state index in [1.165, 1.54) is 0 Å². The first-order valence-electron chi connectivity index (χ1n) is 3.22. The van der Waals surface area contributed by atoms with Crippen LogP contribution >= 0.6 is 12.2 Å². The fourth-order valence-corrected chi connectivity index (χ4v) is 0.706. The summed E-state index contributed by atoms with van der Waals surface area (Å²) in [5, 5.41) is 3.05. The lowest BCUT2D eigenvalue weighted by Gasteiger charge is -2.02. The zero-order valence-electron chi connectivity index (χ0n) is 6.50. The Morgan fingerprint density at radius 1 is 1.64 bits per heavy atom. The second-order valence-corrected chi connectivity index (χ2v) is 2.29. The quantitative estimate of drug-likeness (QED) is 0.495. The van der Waals surface area contributed by atoms with E-state index < -0.39 is 0 Å². The highest BCUT2D eigenvalue weighted by Gasteiger charge is 1.88. The molecule has 0 spiro atoms. The summed E-state index contributed by atoms with van der Waals surface area (Å²) in [4.78, 5) is 0. The summed E-state index contributed by atoms with van der Waals surface area (Å²) in [6, 6.07) is 0. The number of hydrogen-bond donors (Lipinski definition) is 2. The van der Waals surface area contributed by atoms with E-state index in [-0.39, 0.29) is 5.11 Å². The van der Waals surface area contributed by atoms with Crippen molar-refractivity contribution < 1.29 is 0 Å². The molecule has 60 valence electrons. The van der Waals surface area contributed by atoms with Gasteiger partial charge < -0.3 is 11.1 Å².